The Kier molecular flexibility index (Phi) is 4.89. The predicted molar refractivity (Wildman–Crippen MR) is 114 cm³/mol. The first-order valence-electron chi connectivity index (χ1n) is 9.46. The summed E-state index contributed by atoms with van der Waals surface area (Å²) in [5, 5.41) is 3.67. The molecule has 0 bridgehead atoms. The summed E-state index contributed by atoms with van der Waals surface area (Å²) in [6.45, 7) is 5.62. The number of nitrogens with zero attached hydrogens (tertiary/aromatic N) is 1. The van der Waals surface area contributed by atoms with E-state index >= 15 is 0 Å². The van der Waals surface area contributed by atoms with Crippen LogP contribution in [0.4, 0.5) is 10.1 Å². The second-order valence-electron chi connectivity index (χ2n) is 7.19. The molecule has 1 N–H and O–H groups in total. The second kappa shape index (κ2) is 7.51. The van der Waals surface area contributed by atoms with Crippen LogP contribution in [-0.4, -0.2) is 4.98 Å². The fourth-order valence-corrected chi connectivity index (χ4v) is 3.56. The number of nitrogens with one attached hydrogen (secondary N) is 1. The van der Waals surface area contributed by atoms with Crippen molar-refractivity contribution in [1.29, 1.82) is 0 Å². The molecule has 0 spiro atoms. The number of pyridine rings is 1. The maximum Gasteiger partial charge on any atom is 0.236 e. The molecule has 4 aromatic rings. The Morgan fingerprint density at radius 2 is 1.83 bits per heavy atom. The zero-order valence-corrected chi connectivity index (χ0v) is 16.5. The van der Waals surface area contributed by atoms with E-state index in [1.54, 1.807) is 19.1 Å². The summed E-state index contributed by atoms with van der Waals surface area (Å²) in [5.41, 5.74) is 3.88. The second-order valence-corrected chi connectivity index (χ2v) is 7.19. The highest BCUT2D eigenvalue weighted by atomic mass is 19.1. The fourth-order valence-electron chi connectivity index (χ4n) is 3.56. The van der Waals surface area contributed by atoms with Crippen molar-refractivity contribution >= 4 is 16.7 Å². The van der Waals surface area contributed by atoms with E-state index in [9.17, 15) is 9.18 Å². The number of hydrogen-bond acceptors (Lipinski definition) is 4. The van der Waals surface area contributed by atoms with Gasteiger partial charge in [0.15, 0.2) is 5.43 Å². The van der Waals surface area contributed by atoms with Gasteiger partial charge in [0.25, 0.3) is 0 Å². The average molecular weight is 388 g/mol. The van der Waals surface area contributed by atoms with Gasteiger partial charge in [0.1, 0.15) is 11.3 Å². The maximum absolute atomic E-state index is 14.0. The van der Waals surface area contributed by atoms with Crippen LogP contribution in [0.25, 0.3) is 22.3 Å². The van der Waals surface area contributed by atoms with E-state index in [0.717, 1.165) is 16.7 Å². The number of halogens is 1. The van der Waals surface area contributed by atoms with Crippen LogP contribution in [0.1, 0.15) is 29.7 Å². The minimum atomic E-state index is -0.571. The van der Waals surface area contributed by atoms with Gasteiger partial charge in [0.05, 0.1) is 17.1 Å². The molecule has 1 atom stereocenters. The lowest BCUT2D eigenvalue weighted by molar-refractivity contribution is 0.583. The quantitative estimate of drug-likeness (QED) is 0.450. The molecule has 0 amide bonds. The Bertz CT molecular complexity index is 1250. The van der Waals surface area contributed by atoms with E-state index in [0.29, 0.717) is 28.0 Å². The first kappa shape index (κ1) is 18.9. The summed E-state index contributed by atoms with van der Waals surface area (Å²) in [7, 11) is 0. The highest BCUT2D eigenvalue weighted by molar-refractivity contribution is 5.84. The molecule has 0 radical (unpaired) electrons. The van der Waals surface area contributed by atoms with Crippen LogP contribution in [0, 0.1) is 19.8 Å². The lowest BCUT2D eigenvalue weighted by Gasteiger charge is -2.19. The van der Waals surface area contributed by atoms with Gasteiger partial charge in [-0.1, -0.05) is 36.4 Å². The number of rotatable bonds is 4. The van der Waals surface area contributed by atoms with Crippen molar-refractivity contribution in [3.63, 3.8) is 0 Å². The topological polar surface area (TPSA) is 55.1 Å². The molecule has 0 fully saturated rings. The van der Waals surface area contributed by atoms with Crippen LogP contribution >= 0.6 is 0 Å². The largest absolute Gasteiger partial charge is 0.455 e. The highest BCUT2D eigenvalue weighted by Crippen LogP contribution is 2.32. The summed E-state index contributed by atoms with van der Waals surface area (Å²) in [6.07, 6.45) is 1.40. The molecule has 4 rings (SSSR count). The van der Waals surface area contributed by atoms with Crippen LogP contribution in [0.5, 0.6) is 0 Å². The van der Waals surface area contributed by atoms with E-state index in [1.165, 1.54) is 6.20 Å². The number of aromatic nitrogens is 1. The number of anilines is 1. The van der Waals surface area contributed by atoms with Gasteiger partial charge in [0.2, 0.25) is 5.95 Å². The molecule has 0 aliphatic carbocycles. The third kappa shape index (κ3) is 3.51. The first-order valence-corrected chi connectivity index (χ1v) is 9.46. The molecule has 1 unspecified atom stereocenters. The van der Waals surface area contributed by atoms with Gasteiger partial charge < -0.3 is 9.73 Å². The molecule has 2 aromatic carbocycles. The third-order valence-electron chi connectivity index (χ3n) is 5.03. The lowest BCUT2D eigenvalue weighted by Crippen LogP contribution is -2.13. The summed E-state index contributed by atoms with van der Waals surface area (Å²) in [6, 6.07) is 16.4. The van der Waals surface area contributed by atoms with Gasteiger partial charge in [-0.3, -0.25) is 4.79 Å². The smallest absolute Gasteiger partial charge is 0.236 e. The van der Waals surface area contributed by atoms with Crippen LogP contribution in [0.3, 0.4) is 0 Å². The number of benzene rings is 2. The maximum atomic E-state index is 14.0. The molecule has 29 heavy (non-hydrogen) atoms. The Labute approximate surface area is 168 Å². The Hall–Kier alpha value is -3.47. The van der Waals surface area contributed by atoms with Crippen molar-refractivity contribution < 1.29 is 8.81 Å². The molecule has 146 valence electrons. The minimum Gasteiger partial charge on any atom is -0.455 e. The molecular formula is C24H21FN2O2. The van der Waals surface area contributed by atoms with Gasteiger partial charge in [-0.2, -0.15) is 4.39 Å². The van der Waals surface area contributed by atoms with E-state index in [2.05, 4.69) is 10.3 Å². The van der Waals surface area contributed by atoms with Gasteiger partial charge >= 0.3 is 0 Å². The lowest BCUT2D eigenvalue weighted by atomic mass is 9.99. The van der Waals surface area contributed by atoms with Gasteiger partial charge in [-0.15, -0.1) is 0 Å². The predicted octanol–water partition coefficient (Wildman–Crippen LogP) is 5.78. The number of hydrogen-bond donors (Lipinski definition) is 1. The van der Waals surface area contributed by atoms with Crippen molar-refractivity contribution in [3.05, 3.63) is 93.7 Å². The van der Waals surface area contributed by atoms with Gasteiger partial charge in [0, 0.05) is 22.9 Å². The summed E-state index contributed by atoms with van der Waals surface area (Å²) in [5.74, 6) is -0.0217. The Morgan fingerprint density at radius 3 is 2.55 bits per heavy atom. The fraction of sp³-hybridized carbons (Fsp3) is 0.167. The van der Waals surface area contributed by atoms with E-state index < -0.39 is 5.95 Å². The average Bonchev–Trinajstić information content (AvgIpc) is 2.72. The van der Waals surface area contributed by atoms with Gasteiger partial charge in [-0.05, 0) is 44.5 Å². The number of aryl methyl sites for hydroxylation is 1. The summed E-state index contributed by atoms with van der Waals surface area (Å²) in [4.78, 5) is 16.8. The molecule has 0 aliphatic heterocycles. The van der Waals surface area contributed by atoms with E-state index in [4.69, 9.17) is 4.42 Å². The van der Waals surface area contributed by atoms with Gasteiger partial charge in [-0.25, -0.2) is 4.98 Å². The molecule has 2 aromatic heterocycles. The molecular weight excluding hydrogens is 367 g/mol. The molecule has 0 saturated carbocycles. The van der Waals surface area contributed by atoms with Crippen molar-refractivity contribution in [2.75, 3.05) is 5.32 Å². The first-order chi connectivity index (χ1) is 14.0. The van der Waals surface area contributed by atoms with Crippen molar-refractivity contribution in [2.45, 2.75) is 26.8 Å². The monoisotopic (exact) mass is 388 g/mol. The Morgan fingerprint density at radius 1 is 1.07 bits per heavy atom. The van der Waals surface area contributed by atoms with E-state index in [1.807, 2.05) is 56.3 Å². The standard InChI is InChI=1S/C24H21FN2O2/c1-14-12-18(16(3)27-20-10-7-11-26-24(20)25)23-19(13-14)21(28)15(2)22(29-23)17-8-5-4-6-9-17/h4-13,16,27H,1-3H3. The SMILES string of the molecule is Cc1cc(C(C)Nc2cccnc2F)c2oc(-c3ccccc3)c(C)c(=O)c2c1. The van der Waals surface area contributed by atoms with Crippen LogP contribution in [0.15, 0.2) is 70.0 Å². The summed E-state index contributed by atoms with van der Waals surface area (Å²) < 4.78 is 20.3. The minimum absolute atomic E-state index is 0.0604. The van der Waals surface area contributed by atoms with Crippen molar-refractivity contribution in [1.82, 2.24) is 4.98 Å². The highest BCUT2D eigenvalue weighted by Gasteiger charge is 2.19. The molecule has 5 heteroatoms. The zero-order valence-electron chi connectivity index (χ0n) is 16.5. The van der Waals surface area contributed by atoms with Crippen molar-refractivity contribution in [2.24, 2.45) is 0 Å². The van der Waals surface area contributed by atoms with E-state index in [-0.39, 0.29) is 11.5 Å². The molecule has 4 nitrogen and oxygen atoms in total. The van der Waals surface area contributed by atoms with Crippen LogP contribution in [-0.2, 0) is 0 Å². The van der Waals surface area contributed by atoms with Crippen molar-refractivity contribution in [3.8, 4) is 11.3 Å². The van der Waals surface area contributed by atoms with Crippen LogP contribution < -0.4 is 10.7 Å². The molecule has 0 saturated heterocycles. The van der Waals surface area contributed by atoms with Crippen LogP contribution in [0.2, 0.25) is 0 Å². The normalized spacial score (nSPS) is 12.1. The molecule has 2 heterocycles. The summed E-state index contributed by atoms with van der Waals surface area (Å²) >= 11 is 0. The number of fused-ring (bicyclic) bond motifs is 1. The third-order valence-corrected chi connectivity index (χ3v) is 5.03. The molecule has 0 aliphatic rings. The Balaban J connectivity index is 1.91. The zero-order chi connectivity index (χ0) is 20.5.